The zero-order chi connectivity index (χ0) is 23.7. The monoisotopic (exact) mass is 768 g/mol. The van der Waals surface area contributed by atoms with Gasteiger partial charge in [-0.05, 0) is 18.9 Å². The van der Waals surface area contributed by atoms with Gasteiger partial charge in [-0.2, -0.15) is 40.4 Å². The molecule has 0 nitrogen and oxygen atoms in total. The van der Waals surface area contributed by atoms with Crippen molar-refractivity contribution in [1.82, 2.24) is 0 Å². The molecule has 2 unspecified atom stereocenters. The largest absolute Gasteiger partial charge is 0.239 e. The van der Waals surface area contributed by atoms with Crippen molar-refractivity contribution in [3.05, 3.63) is 12.7 Å². The number of unbranched alkanes of at least 4 members (excludes halogenated alkanes) is 10. The minimum Gasteiger partial charge on any atom is -0.176 e. The van der Waals surface area contributed by atoms with Gasteiger partial charge in [0.25, 0.3) is 0 Å². The van der Waals surface area contributed by atoms with Crippen LogP contribution in [0.5, 0.6) is 0 Å². The van der Waals surface area contributed by atoms with Crippen molar-refractivity contribution >= 4 is 110 Å². The lowest BCUT2D eigenvalue weighted by Gasteiger charge is -2.11. The van der Waals surface area contributed by atoms with E-state index in [1.54, 1.807) is 0 Å². The molecule has 0 aliphatic heterocycles. The molecule has 0 heterocycles. The fourth-order valence-corrected chi connectivity index (χ4v) is 5.59. The number of hydrogen-bond donors (Lipinski definition) is 0. The topological polar surface area (TPSA) is 0 Å². The van der Waals surface area contributed by atoms with Crippen molar-refractivity contribution in [2.24, 2.45) is 0 Å². The number of rotatable bonds is 17. The van der Waals surface area contributed by atoms with Gasteiger partial charge in [0.1, 0.15) is 16.2 Å². The van der Waals surface area contributed by atoms with E-state index in [1.165, 1.54) is 95.7 Å². The van der Waals surface area contributed by atoms with Crippen LogP contribution in [0.1, 0.15) is 84.5 Å². The normalized spacial score (nSPS) is 10.5. The van der Waals surface area contributed by atoms with Crippen molar-refractivity contribution in [3.8, 4) is 0 Å². The highest BCUT2D eigenvalue weighted by Crippen LogP contribution is 2.20. The molecule has 0 spiro atoms. The van der Waals surface area contributed by atoms with E-state index in [4.69, 9.17) is 22.2 Å². The van der Waals surface area contributed by atoms with Crippen LogP contribution in [0.2, 0.25) is 38.3 Å². The highest BCUT2D eigenvalue weighted by molar-refractivity contribution is 14.1. The first-order valence-electron chi connectivity index (χ1n) is 11.8. The predicted octanol–water partition coefficient (Wildman–Crippen LogP) is 10.9. The molecule has 0 aliphatic rings. The molecule has 0 aromatic rings. The highest BCUT2D eigenvalue weighted by atomic mass is 127. The number of hydrogen-bond acceptors (Lipinski definition) is 0. The van der Waals surface area contributed by atoms with E-state index in [2.05, 4.69) is 82.7 Å². The Morgan fingerprint density at radius 3 is 1.48 bits per heavy atom. The summed E-state index contributed by atoms with van der Waals surface area (Å²) in [5.41, 5.74) is 0. The average molecular weight is 769 g/mol. The van der Waals surface area contributed by atoms with Crippen LogP contribution in [0.25, 0.3) is 0 Å². The first kappa shape index (κ1) is 41.3. The first-order valence-corrected chi connectivity index (χ1v) is 23.3. The Labute approximate surface area is 243 Å². The quantitative estimate of drug-likeness (QED) is 0.0345. The van der Waals surface area contributed by atoms with Crippen LogP contribution < -0.4 is 0 Å². The first-order chi connectivity index (χ1) is 14.1. The smallest absolute Gasteiger partial charge is 0.176 e. The van der Waals surface area contributed by atoms with E-state index in [-0.39, 0.29) is 16.3 Å². The van der Waals surface area contributed by atoms with Crippen LogP contribution >= 0.6 is 85.1 Å². The molecule has 0 aliphatic carbocycles. The molecule has 0 rings (SSSR count). The van der Waals surface area contributed by atoms with Crippen LogP contribution in [-0.4, -0.2) is 24.8 Å². The molecule has 0 aromatic carbocycles. The maximum Gasteiger partial charge on any atom is 0.239 e. The van der Waals surface area contributed by atoms with Crippen LogP contribution in [0.15, 0.2) is 12.7 Å². The lowest BCUT2D eigenvalue weighted by atomic mass is 9.96. The Morgan fingerprint density at radius 1 is 0.839 bits per heavy atom. The van der Waals surface area contributed by atoms with Crippen LogP contribution in [-0.2, 0) is 0 Å². The highest BCUT2D eigenvalue weighted by Gasteiger charge is 2.15. The molecule has 2 atom stereocenters. The fourth-order valence-electron chi connectivity index (χ4n) is 2.75. The summed E-state index contributed by atoms with van der Waals surface area (Å²) in [4.78, 5) is 0. The van der Waals surface area contributed by atoms with Gasteiger partial charge in [-0.25, -0.2) is 0 Å². The Bertz CT molecular complexity index is 343. The predicted molar refractivity (Wildman–Crippen MR) is 189 cm³/mol. The number of halogens is 4. The summed E-state index contributed by atoms with van der Waals surface area (Å²) in [7, 11) is 4.31. The molecule has 31 heavy (non-hydrogen) atoms. The summed E-state index contributed by atoms with van der Waals surface area (Å²) in [6.45, 7) is 10.2. The Balaban J connectivity index is -0.000000212. The number of allylic oxidation sites excluding steroid dienone is 1. The van der Waals surface area contributed by atoms with E-state index >= 15 is 0 Å². The SMILES string of the molecule is C.C=CCCCCCCB(P)I.C[SiH2]Cl.C[Si](C)(Cl)CCCCCCCCCB(P)I. The van der Waals surface area contributed by atoms with Crippen molar-refractivity contribution in [2.75, 3.05) is 0 Å². The van der Waals surface area contributed by atoms with Gasteiger partial charge in [-0.1, -0.05) is 110 Å². The summed E-state index contributed by atoms with van der Waals surface area (Å²) < 4.78 is 1.54. The molecule has 0 aromatic heterocycles. The molecule has 0 radical (unpaired) electrons. The van der Waals surface area contributed by atoms with E-state index in [1.807, 2.05) is 12.6 Å². The van der Waals surface area contributed by atoms with Gasteiger partial charge >= 0.3 is 0 Å². The molecule has 0 bridgehead atoms. The van der Waals surface area contributed by atoms with Crippen molar-refractivity contribution in [1.29, 1.82) is 0 Å². The second kappa shape index (κ2) is 33.2. The lowest BCUT2D eigenvalue weighted by Crippen LogP contribution is -2.14. The third kappa shape index (κ3) is 55.2. The van der Waals surface area contributed by atoms with E-state index in [9.17, 15) is 0 Å². The summed E-state index contributed by atoms with van der Waals surface area (Å²) in [5.74, 6) is 0. The van der Waals surface area contributed by atoms with Crippen molar-refractivity contribution in [2.45, 2.75) is 123 Å². The van der Waals surface area contributed by atoms with Gasteiger partial charge in [0.05, 0.1) is 0 Å². The van der Waals surface area contributed by atoms with Gasteiger partial charge in [0.15, 0.2) is 0 Å². The molecule has 0 saturated carbocycles. The van der Waals surface area contributed by atoms with Crippen LogP contribution in [0.3, 0.4) is 0 Å². The standard InChI is InChI=1S/C11H26BClIPSi.C8H17BIP.CH5ClSi.CH4/c1-16(2,13)11-9-7-5-3-4-6-8-10-12(14)15;1-2-3-4-5-6-7-8-9(10)11;1-3-2;/h3-11,15H2,1-2H3;2H,1,3-8,11H2;3H2,1H3;1H4. The molecule has 0 fully saturated rings. The average Bonchev–Trinajstić information content (AvgIpc) is 2.63. The van der Waals surface area contributed by atoms with E-state index < -0.39 is 7.38 Å². The Hall–Kier alpha value is 3.20. The molecular weight excluding hydrogens is 717 g/mol. The Morgan fingerprint density at radius 2 is 1.16 bits per heavy atom. The summed E-state index contributed by atoms with van der Waals surface area (Å²) >= 11 is 16.4. The molecule has 0 amide bonds. The second-order valence-electron chi connectivity index (χ2n) is 8.31. The molecular formula is C21H52B2Cl2I2P2Si2. The summed E-state index contributed by atoms with van der Waals surface area (Å²) in [6.07, 6.45) is 21.2. The molecule has 188 valence electrons. The third-order valence-electron chi connectivity index (χ3n) is 4.39. The van der Waals surface area contributed by atoms with Gasteiger partial charge in [0.2, 0.25) is 8.58 Å². The maximum absolute atomic E-state index is 6.28. The fraction of sp³-hybridized carbons (Fsp3) is 0.905. The van der Waals surface area contributed by atoms with E-state index in [0.29, 0.717) is 0 Å². The second-order valence-corrected chi connectivity index (χ2v) is 25.0. The third-order valence-corrected chi connectivity index (χ3v) is 8.41. The van der Waals surface area contributed by atoms with Crippen LogP contribution in [0.4, 0.5) is 0 Å². The summed E-state index contributed by atoms with van der Waals surface area (Å²) in [5, 5.41) is 0. The lowest BCUT2D eigenvalue weighted by molar-refractivity contribution is 0.600. The van der Waals surface area contributed by atoms with Gasteiger partial charge in [0, 0.05) is 0 Å². The molecule has 0 N–H and O–H groups in total. The van der Waals surface area contributed by atoms with Gasteiger partial charge < -0.3 is 0 Å². The van der Waals surface area contributed by atoms with Gasteiger partial charge in [-0.3, -0.25) is 0 Å². The van der Waals surface area contributed by atoms with Gasteiger partial charge in [-0.15, -0.1) is 51.3 Å². The van der Waals surface area contributed by atoms with E-state index in [0.717, 1.165) is 8.58 Å². The van der Waals surface area contributed by atoms with Crippen molar-refractivity contribution < 1.29 is 0 Å². The van der Waals surface area contributed by atoms with Crippen molar-refractivity contribution in [3.63, 3.8) is 0 Å². The molecule has 0 saturated heterocycles. The summed E-state index contributed by atoms with van der Waals surface area (Å²) in [6, 6.07) is 1.29. The zero-order valence-corrected chi connectivity index (χ0v) is 30.5. The maximum atomic E-state index is 6.28. The molecule has 10 heteroatoms. The minimum atomic E-state index is -1.28. The Kier molecular flexibility index (Phi) is 44.3. The minimum absolute atomic E-state index is 0. The van der Waals surface area contributed by atoms with Crippen LogP contribution in [0, 0.1) is 0 Å². The zero-order valence-electron chi connectivity index (χ0n) is 19.9.